The van der Waals surface area contributed by atoms with Crippen LogP contribution in [-0.4, -0.2) is 81.2 Å². The van der Waals surface area contributed by atoms with E-state index in [0.717, 1.165) is 25.2 Å². The summed E-state index contributed by atoms with van der Waals surface area (Å²) in [7, 11) is 0. The van der Waals surface area contributed by atoms with Crippen LogP contribution in [0.15, 0.2) is 36.9 Å². The van der Waals surface area contributed by atoms with Gasteiger partial charge in [0.15, 0.2) is 17.3 Å². The maximum absolute atomic E-state index is 12.4. The number of anilines is 2. The number of nitrogen functional groups attached to an aromatic ring is 1. The summed E-state index contributed by atoms with van der Waals surface area (Å²) < 4.78 is 21.1. The van der Waals surface area contributed by atoms with Gasteiger partial charge >= 0.3 is 6.03 Å². The van der Waals surface area contributed by atoms with Crippen molar-refractivity contribution in [1.82, 2.24) is 29.7 Å². The highest BCUT2D eigenvalue weighted by molar-refractivity contribution is 5.89. The van der Waals surface area contributed by atoms with Crippen LogP contribution in [0.2, 0.25) is 0 Å². The summed E-state index contributed by atoms with van der Waals surface area (Å²) in [6.45, 7) is 15.5. The Bertz CT molecular complexity index is 1370. The SMILES string of the molecule is CCN(CCCNC(=O)Nc1ccc(C(C)(C)C)cc1)CC1OCC2(n3cnc4c(N)ncnc43)OC(C)(C)OC12. The maximum Gasteiger partial charge on any atom is 0.319 e. The number of benzene rings is 1. The number of nitrogens with two attached hydrogens (primary N) is 1. The van der Waals surface area contributed by atoms with Gasteiger partial charge in [0, 0.05) is 18.8 Å². The molecule has 2 saturated heterocycles. The number of amides is 2. The fourth-order valence-electron chi connectivity index (χ4n) is 5.60. The molecule has 1 aromatic carbocycles. The predicted molar refractivity (Wildman–Crippen MR) is 156 cm³/mol. The Labute approximate surface area is 241 Å². The van der Waals surface area contributed by atoms with Crippen LogP contribution in [-0.2, 0) is 25.4 Å². The van der Waals surface area contributed by atoms with Crippen molar-refractivity contribution >= 4 is 28.7 Å². The number of ether oxygens (including phenoxy) is 3. The van der Waals surface area contributed by atoms with Crippen LogP contribution in [0.3, 0.4) is 0 Å². The molecule has 4 N–H and O–H groups in total. The summed E-state index contributed by atoms with van der Waals surface area (Å²) in [6, 6.07) is 7.76. The lowest BCUT2D eigenvalue weighted by molar-refractivity contribution is -0.205. The molecule has 4 heterocycles. The van der Waals surface area contributed by atoms with Gasteiger partial charge in [-0.05, 0) is 56.5 Å². The molecule has 0 bridgehead atoms. The Morgan fingerprint density at radius 3 is 2.66 bits per heavy atom. The van der Waals surface area contributed by atoms with Crippen molar-refractivity contribution in [3.8, 4) is 0 Å². The Morgan fingerprint density at radius 2 is 1.95 bits per heavy atom. The van der Waals surface area contributed by atoms with Crippen LogP contribution in [0.1, 0.15) is 53.5 Å². The number of urea groups is 1. The lowest BCUT2D eigenvalue weighted by Crippen LogP contribution is -2.47. The molecule has 0 radical (unpaired) electrons. The van der Waals surface area contributed by atoms with E-state index in [-0.39, 0.29) is 30.3 Å². The third-order valence-electron chi connectivity index (χ3n) is 7.72. The standard InChI is InChI=1S/C29H42N8O4/c1-7-36(14-8-13-31-26(38)35-20-11-9-19(10-12-20)27(2,3)4)15-21-23-29(16-39-21,41-28(5,6)40-23)37-18-34-22-24(30)32-17-33-25(22)37/h9-12,17-18,21,23H,7-8,13-16H2,1-6H3,(H2,30,32,33)(H2,31,35,38). The second-order valence-electron chi connectivity index (χ2n) is 12.2. The smallest absolute Gasteiger partial charge is 0.319 e. The molecular formula is C29H42N8O4. The van der Waals surface area contributed by atoms with Crippen molar-refractivity contribution in [3.05, 3.63) is 42.5 Å². The first-order valence-corrected chi connectivity index (χ1v) is 14.2. The molecule has 41 heavy (non-hydrogen) atoms. The summed E-state index contributed by atoms with van der Waals surface area (Å²) in [5.74, 6) is -0.503. The van der Waals surface area contributed by atoms with Gasteiger partial charge in [-0.1, -0.05) is 39.8 Å². The van der Waals surface area contributed by atoms with Crippen LogP contribution in [0.5, 0.6) is 0 Å². The molecule has 0 saturated carbocycles. The second-order valence-corrected chi connectivity index (χ2v) is 12.2. The van der Waals surface area contributed by atoms with Crippen LogP contribution in [0.4, 0.5) is 16.3 Å². The lowest BCUT2D eigenvalue weighted by Gasteiger charge is -2.29. The average Bonchev–Trinajstić information content (AvgIpc) is 3.56. The molecule has 0 aliphatic carbocycles. The highest BCUT2D eigenvalue weighted by Crippen LogP contribution is 2.47. The zero-order valence-corrected chi connectivity index (χ0v) is 24.8. The lowest BCUT2D eigenvalue weighted by atomic mass is 9.87. The molecule has 2 aromatic heterocycles. The third kappa shape index (κ3) is 6.01. The van der Waals surface area contributed by atoms with E-state index in [9.17, 15) is 4.79 Å². The summed E-state index contributed by atoms with van der Waals surface area (Å²) in [5, 5.41) is 5.87. The number of carbonyl (C=O) groups is 1. The molecule has 0 spiro atoms. The minimum atomic E-state index is -0.923. The molecule has 3 unspecified atom stereocenters. The molecule has 2 amide bonds. The van der Waals surface area contributed by atoms with E-state index in [1.807, 2.05) is 42.7 Å². The van der Waals surface area contributed by atoms with Gasteiger partial charge < -0.3 is 35.5 Å². The first-order chi connectivity index (χ1) is 19.4. The molecule has 2 fully saturated rings. The van der Waals surface area contributed by atoms with E-state index in [0.29, 0.717) is 30.1 Å². The summed E-state index contributed by atoms with van der Waals surface area (Å²) in [6.07, 6.45) is 3.27. The van der Waals surface area contributed by atoms with E-state index in [4.69, 9.17) is 19.9 Å². The second kappa shape index (κ2) is 11.2. The highest BCUT2D eigenvalue weighted by Gasteiger charge is 2.63. The minimum Gasteiger partial charge on any atom is -0.382 e. The van der Waals surface area contributed by atoms with Gasteiger partial charge in [-0.3, -0.25) is 4.57 Å². The van der Waals surface area contributed by atoms with Crippen molar-refractivity contribution in [2.75, 3.05) is 43.8 Å². The fourth-order valence-corrected chi connectivity index (χ4v) is 5.60. The van der Waals surface area contributed by atoms with Crippen LogP contribution < -0.4 is 16.4 Å². The number of aromatic nitrogens is 4. The molecule has 5 rings (SSSR count). The Hall–Kier alpha value is -3.32. The predicted octanol–water partition coefficient (Wildman–Crippen LogP) is 3.44. The normalized spacial score (nSPS) is 23.7. The number of fused-ring (bicyclic) bond motifs is 2. The molecule has 12 nitrogen and oxygen atoms in total. The van der Waals surface area contributed by atoms with Gasteiger partial charge in [0.1, 0.15) is 24.1 Å². The number of likely N-dealkylation sites (N-methyl/N-ethyl adjacent to an activating group) is 1. The van der Waals surface area contributed by atoms with Crippen molar-refractivity contribution in [2.24, 2.45) is 0 Å². The van der Waals surface area contributed by atoms with E-state index >= 15 is 0 Å². The van der Waals surface area contributed by atoms with Gasteiger partial charge in [0.05, 0.1) is 12.9 Å². The molecular weight excluding hydrogens is 524 g/mol. The molecule has 3 aromatic rings. The fraction of sp³-hybridized carbons (Fsp3) is 0.586. The topological polar surface area (TPSA) is 142 Å². The first-order valence-electron chi connectivity index (χ1n) is 14.2. The molecule has 3 atom stereocenters. The summed E-state index contributed by atoms with van der Waals surface area (Å²) in [5.41, 5.74) is 8.28. The van der Waals surface area contributed by atoms with Crippen molar-refractivity contribution in [3.63, 3.8) is 0 Å². The van der Waals surface area contributed by atoms with Crippen LogP contribution >= 0.6 is 0 Å². The quantitative estimate of drug-likeness (QED) is 0.332. The number of nitrogens with one attached hydrogen (secondary N) is 2. The average molecular weight is 567 g/mol. The van der Waals surface area contributed by atoms with Gasteiger partial charge in [0.2, 0.25) is 5.72 Å². The highest BCUT2D eigenvalue weighted by atomic mass is 16.8. The zero-order valence-electron chi connectivity index (χ0n) is 24.8. The number of rotatable bonds is 9. The maximum atomic E-state index is 12.4. The van der Waals surface area contributed by atoms with Crippen LogP contribution in [0, 0.1) is 0 Å². The molecule has 222 valence electrons. The first kappa shape index (κ1) is 29.2. The Morgan fingerprint density at radius 1 is 1.20 bits per heavy atom. The Kier molecular flexibility index (Phi) is 7.94. The number of nitrogens with zero attached hydrogens (tertiary/aromatic N) is 5. The van der Waals surface area contributed by atoms with Gasteiger partial charge in [-0.25, -0.2) is 19.7 Å². The molecule has 2 aliphatic rings. The van der Waals surface area contributed by atoms with Crippen LogP contribution in [0.25, 0.3) is 11.2 Å². The van der Waals surface area contributed by atoms with Gasteiger partial charge in [-0.2, -0.15) is 0 Å². The zero-order chi connectivity index (χ0) is 29.4. The number of hydrogen-bond acceptors (Lipinski definition) is 9. The minimum absolute atomic E-state index is 0.0709. The monoisotopic (exact) mass is 566 g/mol. The van der Waals surface area contributed by atoms with Crippen molar-refractivity contribution < 1.29 is 19.0 Å². The largest absolute Gasteiger partial charge is 0.382 e. The third-order valence-corrected chi connectivity index (χ3v) is 7.72. The van der Waals surface area contributed by atoms with E-state index in [1.54, 1.807) is 6.33 Å². The summed E-state index contributed by atoms with van der Waals surface area (Å²) >= 11 is 0. The van der Waals surface area contributed by atoms with Crippen molar-refractivity contribution in [2.45, 2.75) is 77.1 Å². The van der Waals surface area contributed by atoms with Gasteiger partial charge in [0.25, 0.3) is 0 Å². The number of hydrogen-bond donors (Lipinski definition) is 3. The van der Waals surface area contributed by atoms with Gasteiger partial charge in [-0.15, -0.1) is 0 Å². The molecule has 12 heteroatoms. The van der Waals surface area contributed by atoms with E-state index < -0.39 is 11.5 Å². The number of carbonyl (C=O) groups excluding carboxylic acids is 1. The Balaban J connectivity index is 1.16. The van der Waals surface area contributed by atoms with Crippen molar-refractivity contribution in [1.29, 1.82) is 0 Å². The summed E-state index contributed by atoms with van der Waals surface area (Å²) in [4.78, 5) is 27.6. The van der Waals surface area contributed by atoms with E-state index in [2.05, 4.69) is 58.2 Å². The number of imidazole rings is 1. The van der Waals surface area contributed by atoms with E-state index in [1.165, 1.54) is 11.9 Å². The molecule has 2 aliphatic heterocycles.